The second kappa shape index (κ2) is 12.9. The Bertz CT molecular complexity index is 2850. The van der Waals surface area contributed by atoms with Crippen molar-refractivity contribution in [3.8, 4) is 0 Å². The minimum atomic E-state index is -0.0494. The zero-order chi connectivity index (χ0) is 41.3. The Hall–Kier alpha value is -5.74. The summed E-state index contributed by atoms with van der Waals surface area (Å²) >= 11 is 0. The maximum atomic E-state index is 2.85. The lowest BCUT2D eigenvalue weighted by atomic mass is 9.33. The average molecular weight is 782 g/mol. The number of fused-ring (bicyclic) bond motifs is 8. The van der Waals surface area contributed by atoms with Gasteiger partial charge in [-0.15, -0.1) is 0 Å². The molecule has 0 spiro atoms. The van der Waals surface area contributed by atoms with Crippen LogP contribution in [0.1, 0.15) is 97.8 Å². The van der Waals surface area contributed by atoms with Gasteiger partial charge >= 0.3 is 0 Å². The van der Waals surface area contributed by atoms with Crippen molar-refractivity contribution in [3.05, 3.63) is 162 Å². The van der Waals surface area contributed by atoms with E-state index in [-0.39, 0.29) is 28.5 Å². The van der Waals surface area contributed by atoms with Gasteiger partial charge in [0.15, 0.2) is 0 Å². The Morgan fingerprint density at radius 3 is 1.98 bits per heavy atom. The first kappa shape index (κ1) is 37.3. The molecule has 0 aromatic heterocycles. The van der Waals surface area contributed by atoms with Crippen LogP contribution in [0.25, 0.3) is 10.8 Å². The summed E-state index contributed by atoms with van der Waals surface area (Å²) in [5, 5.41) is 2.56. The summed E-state index contributed by atoms with van der Waals surface area (Å²) in [6.45, 7) is 19.4. The van der Waals surface area contributed by atoms with Crippen LogP contribution in [0.15, 0.2) is 146 Å². The third kappa shape index (κ3) is 5.15. The van der Waals surface area contributed by atoms with Crippen LogP contribution in [0.2, 0.25) is 0 Å². The quantitative estimate of drug-likeness (QED) is 0.165. The van der Waals surface area contributed by atoms with E-state index in [9.17, 15) is 0 Å². The van der Waals surface area contributed by atoms with E-state index in [2.05, 4.69) is 216 Å². The molecule has 3 aliphatic heterocycles. The van der Waals surface area contributed by atoms with E-state index >= 15 is 0 Å². The summed E-state index contributed by atoms with van der Waals surface area (Å²) in [5.74, 6) is 0. The number of hydrogen-bond donors (Lipinski definition) is 0. The molecule has 1 saturated carbocycles. The maximum Gasteiger partial charge on any atom is 0.252 e. The zero-order valence-electron chi connectivity index (χ0n) is 36.6. The highest BCUT2D eigenvalue weighted by atomic mass is 15.3. The molecule has 298 valence electrons. The number of nitrogens with zero attached hydrogens (tertiary/aromatic N) is 3. The van der Waals surface area contributed by atoms with Gasteiger partial charge in [0.25, 0.3) is 6.71 Å². The van der Waals surface area contributed by atoms with Gasteiger partial charge in [-0.05, 0) is 124 Å². The molecule has 0 saturated heterocycles. The lowest BCUT2D eigenvalue weighted by Crippen LogP contribution is -2.64. The lowest BCUT2D eigenvalue weighted by Gasteiger charge is -2.53. The normalized spacial score (nSPS) is 20.1. The number of rotatable bonds is 4. The predicted octanol–water partition coefficient (Wildman–Crippen LogP) is 13.3. The fraction of sp³-hybridized carbons (Fsp3) is 0.286. The van der Waals surface area contributed by atoms with E-state index in [1.165, 1.54) is 98.1 Å². The molecule has 3 nitrogen and oxygen atoms in total. The Kier molecular flexibility index (Phi) is 8.01. The van der Waals surface area contributed by atoms with Crippen LogP contribution in [0.3, 0.4) is 0 Å². The Morgan fingerprint density at radius 1 is 0.567 bits per heavy atom. The fourth-order valence-electron chi connectivity index (χ4n) is 11.8. The maximum absolute atomic E-state index is 2.85. The van der Waals surface area contributed by atoms with Crippen LogP contribution in [-0.4, -0.2) is 12.3 Å². The van der Waals surface area contributed by atoms with Crippen LogP contribution in [-0.2, 0) is 16.2 Å². The second-order valence-electron chi connectivity index (χ2n) is 20.5. The molecule has 4 aliphatic rings. The van der Waals surface area contributed by atoms with E-state index in [0.29, 0.717) is 0 Å². The number of benzene rings is 7. The van der Waals surface area contributed by atoms with Gasteiger partial charge in [0.05, 0.1) is 11.2 Å². The highest BCUT2D eigenvalue weighted by Gasteiger charge is 2.61. The summed E-state index contributed by atoms with van der Waals surface area (Å²) in [7, 11) is 0. The molecular weight excluding hydrogens is 725 g/mol. The largest absolute Gasteiger partial charge is 0.335 e. The van der Waals surface area contributed by atoms with Gasteiger partial charge in [0, 0.05) is 50.6 Å². The first-order chi connectivity index (χ1) is 28.8. The van der Waals surface area contributed by atoms with Gasteiger partial charge in [-0.2, -0.15) is 0 Å². The van der Waals surface area contributed by atoms with Crippen molar-refractivity contribution in [1.29, 1.82) is 0 Å². The van der Waals surface area contributed by atoms with Gasteiger partial charge in [0.2, 0.25) is 0 Å². The van der Waals surface area contributed by atoms with Crippen molar-refractivity contribution >= 4 is 79.4 Å². The van der Waals surface area contributed by atoms with Gasteiger partial charge < -0.3 is 14.7 Å². The van der Waals surface area contributed by atoms with Crippen LogP contribution >= 0.6 is 0 Å². The highest BCUT2D eigenvalue weighted by Crippen LogP contribution is 2.62. The minimum Gasteiger partial charge on any atom is -0.335 e. The van der Waals surface area contributed by atoms with Crippen molar-refractivity contribution in [2.24, 2.45) is 0 Å². The first-order valence-corrected chi connectivity index (χ1v) is 22.3. The first-order valence-electron chi connectivity index (χ1n) is 22.3. The van der Waals surface area contributed by atoms with Crippen molar-refractivity contribution in [2.75, 3.05) is 14.7 Å². The molecule has 0 radical (unpaired) electrons. The highest BCUT2D eigenvalue weighted by molar-refractivity contribution is 7.00. The van der Waals surface area contributed by atoms with E-state index in [1.54, 1.807) is 5.56 Å². The second-order valence-corrected chi connectivity index (χ2v) is 20.5. The summed E-state index contributed by atoms with van der Waals surface area (Å²) in [6.07, 6.45) is 4.97. The molecule has 60 heavy (non-hydrogen) atoms. The molecule has 0 amide bonds. The van der Waals surface area contributed by atoms with Crippen molar-refractivity contribution < 1.29 is 0 Å². The van der Waals surface area contributed by atoms with Gasteiger partial charge in [-0.3, -0.25) is 0 Å². The number of anilines is 8. The Labute approximate surface area is 357 Å². The summed E-state index contributed by atoms with van der Waals surface area (Å²) in [4.78, 5) is 7.94. The van der Waals surface area contributed by atoms with Crippen LogP contribution in [0.4, 0.5) is 45.5 Å². The summed E-state index contributed by atoms with van der Waals surface area (Å²) in [6, 6.07) is 55.5. The van der Waals surface area contributed by atoms with E-state index in [4.69, 9.17) is 0 Å². The molecule has 1 fully saturated rings. The van der Waals surface area contributed by atoms with Crippen molar-refractivity contribution in [1.82, 2.24) is 0 Å². The van der Waals surface area contributed by atoms with Crippen molar-refractivity contribution in [2.45, 2.75) is 103 Å². The lowest BCUT2D eigenvalue weighted by molar-refractivity contribution is 0.195. The number of hydrogen-bond acceptors (Lipinski definition) is 3. The van der Waals surface area contributed by atoms with Crippen LogP contribution < -0.4 is 31.1 Å². The molecule has 0 bridgehead atoms. The fourth-order valence-corrected chi connectivity index (χ4v) is 11.8. The monoisotopic (exact) mass is 781 g/mol. The van der Waals surface area contributed by atoms with E-state index < -0.39 is 0 Å². The Balaban J connectivity index is 1.22. The minimum absolute atomic E-state index is 0.00960. The third-order valence-electron chi connectivity index (χ3n) is 15.0. The zero-order valence-corrected chi connectivity index (χ0v) is 36.6. The molecule has 2 atom stereocenters. The summed E-state index contributed by atoms with van der Waals surface area (Å²) in [5.41, 5.74) is 18.6. The molecule has 0 N–H and O–H groups in total. The molecule has 7 aromatic carbocycles. The predicted molar refractivity (Wildman–Crippen MR) is 258 cm³/mol. The van der Waals surface area contributed by atoms with E-state index in [1.807, 2.05) is 0 Å². The number of para-hydroxylation sites is 3. The molecule has 1 aliphatic carbocycles. The standard InChI is InChI=1S/C56H56BN3/c1-53(2,3)37-34-49-51-50(35-37)60-52-44(55(7)32-17-18-33-56(55,60)8)26-19-27-46(52)57(51)45-30-28-40(36-48(45)59(49)39-22-13-10-14-23-39)58(38-20-11-9-12-21-38)47-31-29-43(54(4,5)6)41-24-15-16-25-42(41)47/h9-16,19-31,34-36H,17-18,32-33H2,1-8H3. The smallest absolute Gasteiger partial charge is 0.252 e. The average Bonchev–Trinajstić information content (AvgIpc) is 3.46. The summed E-state index contributed by atoms with van der Waals surface area (Å²) < 4.78 is 0. The topological polar surface area (TPSA) is 9.72 Å². The van der Waals surface area contributed by atoms with Crippen LogP contribution in [0, 0.1) is 0 Å². The third-order valence-corrected chi connectivity index (χ3v) is 15.0. The van der Waals surface area contributed by atoms with Gasteiger partial charge in [0.1, 0.15) is 0 Å². The molecule has 7 aromatic rings. The van der Waals surface area contributed by atoms with E-state index in [0.717, 1.165) is 11.4 Å². The molecule has 3 heterocycles. The van der Waals surface area contributed by atoms with Gasteiger partial charge in [-0.1, -0.05) is 152 Å². The molecule has 11 rings (SSSR count). The molecular formula is C56H56BN3. The van der Waals surface area contributed by atoms with Crippen LogP contribution in [0.5, 0.6) is 0 Å². The molecule has 2 unspecified atom stereocenters. The van der Waals surface area contributed by atoms with Gasteiger partial charge in [-0.25, -0.2) is 0 Å². The SMILES string of the molecule is CC(C)(C)c1cc2c3c(c1)N1c4c(cccc4C4(C)CCCCC14C)B3c1ccc(N(c3ccccc3)c3ccc(C(C)(C)C)c4ccccc34)cc1N2c1ccccc1. The molecule has 4 heteroatoms. The Morgan fingerprint density at radius 2 is 1.25 bits per heavy atom. The van der Waals surface area contributed by atoms with Crippen molar-refractivity contribution in [3.63, 3.8) is 0 Å².